The molecule has 0 unspecified atom stereocenters. The summed E-state index contributed by atoms with van der Waals surface area (Å²) in [6.07, 6.45) is 1.02. The second kappa shape index (κ2) is 10.7. The second-order valence-corrected chi connectivity index (χ2v) is 6.94. The van der Waals surface area contributed by atoms with Crippen molar-refractivity contribution >= 4 is 40.5 Å². The number of amides is 1. The SMILES string of the molecule is CC(C)Oc1ccc(NC(=S)NC(=O)CCCOc2ccc(Cl)cc2)cc1. The van der Waals surface area contributed by atoms with Crippen LogP contribution in [0.1, 0.15) is 26.7 Å². The highest BCUT2D eigenvalue weighted by Crippen LogP contribution is 2.17. The van der Waals surface area contributed by atoms with Gasteiger partial charge in [-0.1, -0.05) is 11.6 Å². The predicted molar refractivity (Wildman–Crippen MR) is 113 cm³/mol. The molecule has 1 amide bonds. The van der Waals surface area contributed by atoms with Crippen molar-refractivity contribution in [2.75, 3.05) is 11.9 Å². The van der Waals surface area contributed by atoms with Crippen LogP contribution >= 0.6 is 23.8 Å². The molecule has 0 saturated carbocycles. The summed E-state index contributed by atoms with van der Waals surface area (Å²) in [5.41, 5.74) is 0.780. The lowest BCUT2D eigenvalue weighted by Gasteiger charge is -2.12. The minimum Gasteiger partial charge on any atom is -0.494 e. The summed E-state index contributed by atoms with van der Waals surface area (Å²) in [4.78, 5) is 11.9. The Morgan fingerprint density at radius 3 is 2.33 bits per heavy atom. The molecule has 2 rings (SSSR count). The Morgan fingerprint density at radius 1 is 1.07 bits per heavy atom. The van der Waals surface area contributed by atoms with Crippen molar-refractivity contribution in [2.45, 2.75) is 32.8 Å². The summed E-state index contributed by atoms with van der Waals surface area (Å²) in [6, 6.07) is 14.5. The molecule has 0 aliphatic rings. The molecule has 0 spiro atoms. The van der Waals surface area contributed by atoms with E-state index in [1.165, 1.54) is 0 Å². The van der Waals surface area contributed by atoms with Gasteiger partial charge in [-0.2, -0.15) is 0 Å². The summed E-state index contributed by atoms with van der Waals surface area (Å²) in [5, 5.41) is 6.55. The van der Waals surface area contributed by atoms with Gasteiger partial charge in [-0.3, -0.25) is 4.79 Å². The van der Waals surface area contributed by atoms with E-state index < -0.39 is 0 Å². The minimum atomic E-state index is -0.160. The van der Waals surface area contributed by atoms with E-state index in [-0.39, 0.29) is 17.1 Å². The van der Waals surface area contributed by atoms with E-state index in [1.807, 2.05) is 38.1 Å². The van der Waals surface area contributed by atoms with Gasteiger partial charge in [0.2, 0.25) is 5.91 Å². The fourth-order valence-electron chi connectivity index (χ4n) is 2.19. The van der Waals surface area contributed by atoms with E-state index in [0.29, 0.717) is 24.5 Å². The largest absolute Gasteiger partial charge is 0.494 e. The Balaban J connectivity index is 1.66. The normalized spacial score (nSPS) is 10.4. The smallest absolute Gasteiger partial charge is 0.226 e. The molecule has 5 nitrogen and oxygen atoms in total. The van der Waals surface area contributed by atoms with E-state index in [1.54, 1.807) is 24.3 Å². The van der Waals surface area contributed by atoms with Crippen LogP contribution in [0, 0.1) is 0 Å². The van der Waals surface area contributed by atoms with Gasteiger partial charge in [0.15, 0.2) is 5.11 Å². The Hall–Kier alpha value is -2.31. The average Bonchev–Trinajstić information content (AvgIpc) is 2.61. The minimum absolute atomic E-state index is 0.118. The summed E-state index contributed by atoms with van der Waals surface area (Å²) in [6.45, 7) is 4.38. The Kier molecular flexibility index (Phi) is 8.36. The molecule has 0 aliphatic carbocycles. The van der Waals surface area contributed by atoms with Crippen molar-refractivity contribution in [3.05, 3.63) is 53.6 Å². The first kappa shape index (κ1) is 21.0. The first-order chi connectivity index (χ1) is 12.9. The molecular formula is C20H23ClN2O3S. The highest BCUT2D eigenvalue weighted by molar-refractivity contribution is 7.80. The number of hydrogen-bond donors (Lipinski definition) is 2. The van der Waals surface area contributed by atoms with Crippen LogP contribution in [-0.4, -0.2) is 23.7 Å². The number of hydrogen-bond acceptors (Lipinski definition) is 4. The van der Waals surface area contributed by atoms with Gasteiger partial charge in [0.25, 0.3) is 0 Å². The lowest BCUT2D eigenvalue weighted by molar-refractivity contribution is -0.119. The van der Waals surface area contributed by atoms with Gasteiger partial charge in [0.05, 0.1) is 12.7 Å². The van der Waals surface area contributed by atoms with Gasteiger partial charge in [-0.05, 0) is 81.0 Å². The lowest BCUT2D eigenvalue weighted by Crippen LogP contribution is -2.34. The van der Waals surface area contributed by atoms with Crippen molar-refractivity contribution in [1.29, 1.82) is 0 Å². The average molecular weight is 407 g/mol. The molecular weight excluding hydrogens is 384 g/mol. The van der Waals surface area contributed by atoms with E-state index in [9.17, 15) is 4.79 Å². The zero-order valence-electron chi connectivity index (χ0n) is 15.3. The monoisotopic (exact) mass is 406 g/mol. The Labute approximate surface area is 170 Å². The number of anilines is 1. The molecule has 0 aromatic heterocycles. The van der Waals surface area contributed by atoms with Crippen molar-refractivity contribution in [3.63, 3.8) is 0 Å². The van der Waals surface area contributed by atoms with Gasteiger partial charge < -0.3 is 20.1 Å². The molecule has 0 fully saturated rings. The maximum atomic E-state index is 11.9. The zero-order valence-corrected chi connectivity index (χ0v) is 16.9. The first-order valence-corrected chi connectivity index (χ1v) is 9.47. The Morgan fingerprint density at radius 2 is 1.70 bits per heavy atom. The number of halogens is 1. The Bertz CT molecular complexity index is 749. The molecule has 144 valence electrons. The van der Waals surface area contributed by atoms with E-state index in [4.69, 9.17) is 33.3 Å². The van der Waals surface area contributed by atoms with Crippen LogP contribution in [0.25, 0.3) is 0 Å². The highest BCUT2D eigenvalue weighted by atomic mass is 35.5. The van der Waals surface area contributed by atoms with Gasteiger partial charge in [0.1, 0.15) is 11.5 Å². The summed E-state index contributed by atoms with van der Waals surface area (Å²) in [5.74, 6) is 1.35. The standard InChI is InChI=1S/C20H23ClN2O3S/c1-14(2)26-18-11-7-16(8-12-18)22-20(27)23-19(24)4-3-13-25-17-9-5-15(21)6-10-17/h5-12,14H,3-4,13H2,1-2H3,(H2,22,23,24,27). The quantitative estimate of drug-likeness (QED) is 0.487. The van der Waals surface area contributed by atoms with Crippen LogP contribution in [0.3, 0.4) is 0 Å². The van der Waals surface area contributed by atoms with Gasteiger partial charge in [0, 0.05) is 17.1 Å². The van der Waals surface area contributed by atoms with Crippen molar-refractivity contribution in [2.24, 2.45) is 0 Å². The molecule has 2 aromatic carbocycles. The molecule has 0 bridgehead atoms. The second-order valence-electron chi connectivity index (χ2n) is 6.10. The predicted octanol–water partition coefficient (Wildman–Crippen LogP) is 4.80. The number of ether oxygens (including phenoxy) is 2. The zero-order chi connectivity index (χ0) is 19.6. The van der Waals surface area contributed by atoms with Crippen LogP contribution in [0.15, 0.2) is 48.5 Å². The van der Waals surface area contributed by atoms with Crippen LogP contribution in [-0.2, 0) is 4.79 Å². The fraction of sp³-hybridized carbons (Fsp3) is 0.300. The van der Waals surface area contributed by atoms with Crippen molar-refractivity contribution < 1.29 is 14.3 Å². The number of carbonyl (C=O) groups is 1. The fourth-order valence-corrected chi connectivity index (χ4v) is 2.55. The highest BCUT2D eigenvalue weighted by Gasteiger charge is 2.06. The third-order valence-corrected chi connectivity index (χ3v) is 3.82. The molecule has 0 atom stereocenters. The first-order valence-electron chi connectivity index (χ1n) is 8.68. The summed E-state index contributed by atoms with van der Waals surface area (Å²) < 4.78 is 11.1. The third kappa shape index (κ3) is 8.28. The number of rotatable bonds is 8. The maximum Gasteiger partial charge on any atom is 0.226 e. The van der Waals surface area contributed by atoms with Crippen LogP contribution in [0.5, 0.6) is 11.5 Å². The molecule has 7 heteroatoms. The molecule has 0 saturated heterocycles. The van der Waals surface area contributed by atoms with Crippen LogP contribution in [0.2, 0.25) is 5.02 Å². The van der Waals surface area contributed by atoms with E-state index >= 15 is 0 Å². The molecule has 0 aliphatic heterocycles. The number of carbonyl (C=O) groups excluding carboxylic acids is 1. The summed E-state index contributed by atoms with van der Waals surface area (Å²) in [7, 11) is 0. The number of thiocarbonyl (C=S) groups is 1. The molecule has 27 heavy (non-hydrogen) atoms. The topological polar surface area (TPSA) is 59.6 Å². The van der Waals surface area contributed by atoms with Crippen LogP contribution in [0.4, 0.5) is 5.69 Å². The molecule has 0 radical (unpaired) electrons. The van der Waals surface area contributed by atoms with Crippen molar-refractivity contribution in [1.82, 2.24) is 5.32 Å². The third-order valence-electron chi connectivity index (χ3n) is 3.37. The number of benzene rings is 2. The molecule has 2 aromatic rings. The van der Waals surface area contributed by atoms with Gasteiger partial charge in [-0.15, -0.1) is 0 Å². The van der Waals surface area contributed by atoms with Crippen molar-refractivity contribution in [3.8, 4) is 11.5 Å². The van der Waals surface area contributed by atoms with E-state index in [0.717, 1.165) is 17.2 Å². The van der Waals surface area contributed by atoms with E-state index in [2.05, 4.69) is 10.6 Å². The van der Waals surface area contributed by atoms with Crippen LogP contribution < -0.4 is 20.1 Å². The van der Waals surface area contributed by atoms with Gasteiger partial charge in [-0.25, -0.2) is 0 Å². The number of nitrogens with one attached hydrogen (secondary N) is 2. The molecule has 0 heterocycles. The maximum absolute atomic E-state index is 11.9. The van der Waals surface area contributed by atoms with Gasteiger partial charge >= 0.3 is 0 Å². The summed E-state index contributed by atoms with van der Waals surface area (Å²) >= 11 is 11.0. The lowest BCUT2D eigenvalue weighted by atomic mass is 10.3. The molecule has 2 N–H and O–H groups in total.